The number of amides is 2. The molecule has 0 saturated heterocycles. The topological polar surface area (TPSA) is 139 Å². The molecule has 1 aromatic heterocycles. The van der Waals surface area contributed by atoms with Crippen LogP contribution in [0.15, 0.2) is 91.1 Å². The third kappa shape index (κ3) is 4.25. The quantitative estimate of drug-likeness (QED) is 0.250. The summed E-state index contributed by atoms with van der Waals surface area (Å²) in [7, 11) is 0. The van der Waals surface area contributed by atoms with Gasteiger partial charge in [-0.25, -0.2) is 19.5 Å². The first-order valence-corrected chi connectivity index (χ1v) is 12.2. The SMILES string of the molecule is CCOc1ncccc1C1(OC(=O)Oc2ccccc2)C(=O)N(C(=O)O)c2ccc(C#N)c(-c3ccccc3)c21. The third-order valence-corrected chi connectivity index (χ3v) is 6.27. The second-order valence-electron chi connectivity index (χ2n) is 8.52. The monoisotopic (exact) mass is 535 g/mol. The minimum atomic E-state index is -2.45. The van der Waals surface area contributed by atoms with Crippen LogP contribution in [0.4, 0.5) is 15.3 Å². The lowest BCUT2D eigenvalue weighted by atomic mass is 9.81. The number of nitrogens with zero attached hydrogens (tertiary/aromatic N) is 3. The van der Waals surface area contributed by atoms with Gasteiger partial charge in [0.15, 0.2) is 0 Å². The standard InChI is InChI=1S/C30H21N3O7/c1-2-38-26-22(14-9-17-32-26)30(40-29(37)39-21-12-7-4-8-13-21)25-23(33(27(30)34)28(35)36)16-15-20(18-31)24(25)19-10-5-3-6-11-19/h3-17H,2H2,1H3,(H,35,36). The molecule has 0 bridgehead atoms. The predicted octanol–water partition coefficient (Wildman–Crippen LogP) is 5.50. The van der Waals surface area contributed by atoms with E-state index in [2.05, 4.69) is 11.1 Å². The first-order valence-electron chi connectivity index (χ1n) is 12.2. The molecule has 2 heterocycles. The highest BCUT2D eigenvalue weighted by Gasteiger charge is 2.61. The van der Waals surface area contributed by atoms with Crippen LogP contribution >= 0.6 is 0 Å². The maximum Gasteiger partial charge on any atom is 0.515 e. The van der Waals surface area contributed by atoms with Gasteiger partial charge in [0.25, 0.3) is 11.5 Å². The van der Waals surface area contributed by atoms with E-state index in [9.17, 15) is 24.8 Å². The van der Waals surface area contributed by atoms with Crippen LogP contribution in [-0.4, -0.2) is 34.9 Å². The Morgan fingerprint density at radius 1 is 1.00 bits per heavy atom. The average molecular weight is 536 g/mol. The summed E-state index contributed by atoms with van der Waals surface area (Å²) in [4.78, 5) is 44.9. The first kappa shape index (κ1) is 25.9. The molecule has 0 saturated carbocycles. The largest absolute Gasteiger partial charge is 0.515 e. The number of fused-ring (bicyclic) bond motifs is 1. The number of rotatable bonds is 6. The van der Waals surface area contributed by atoms with Gasteiger partial charge in [0.05, 0.1) is 29.5 Å². The van der Waals surface area contributed by atoms with E-state index < -0.39 is 23.8 Å². The summed E-state index contributed by atoms with van der Waals surface area (Å²) in [5.41, 5.74) is -1.80. The minimum absolute atomic E-state index is 0.0378. The molecule has 0 fully saturated rings. The van der Waals surface area contributed by atoms with Crippen molar-refractivity contribution in [2.45, 2.75) is 12.5 Å². The maximum absolute atomic E-state index is 14.3. The van der Waals surface area contributed by atoms with Crippen LogP contribution < -0.4 is 14.4 Å². The molecule has 5 rings (SSSR count). The average Bonchev–Trinajstić information content (AvgIpc) is 3.22. The normalized spacial score (nSPS) is 15.6. The van der Waals surface area contributed by atoms with E-state index in [1.54, 1.807) is 55.5 Å². The van der Waals surface area contributed by atoms with Gasteiger partial charge < -0.3 is 19.3 Å². The van der Waals surface area contributed by atoms with Gasteiger partial charge in [-0.1, -0.05) is 48.5 Å². The van der Waals surface area contributed by atoms with Crippen molar-refractivity contribution in [3.63, 3.8) is 0 Å². The number of nitriles is 1. The molecule has 40 heavy (non-hydrogen) atoms. The summed E-state index contributed by atoms with van der Waals surface area (Å²) < 4.78 is 17.0. The zero-order chi connectivity index (χ0) is 28.3. The Labute approximate surface area is 228 Å². The Balaban J connectivity index is 1.87. The van der Waals surface area contributed by atoms with Gasteiger partial charge >= 0.3 is 12.2 Å². The number of carbonyl (C=O) groups excluding carboxylic acids is 2. The number of hydrogen-bond donors (Lipinski definition) is 1. The van der Waals surface area contributed by atoms with E-state index >= 15 is 0 Å². The minimum Gasteiger partial charge on any atom is -0.478 e. The van der Waals surface area contributed by atoms with Gasteiger partial charge in [-0.15, -0.1) is 0 Å². The molecule has 10 heteroatoms. The van der Waals surface area contributed by atoms with Crippen LogP contribution in [0.2, 0.25) is 0 Å². The molecule has 2 amide bonds. The number of ether oxygens (including phenoxy) is 3. The molecular formula is C30H21N3O7. The van der Waals surface area contributed by atoms with Crippen LogP contribution in [-0.2, 0) is 15.1 Å². The number of anilines is 1. The zero-order valence-electron chi connectivity index (χ0n) is 21.1. The number of carbonyl (C=O) groups is 3. The van der Waals surface area contributed by atoms with E-state index in [-0.39, 0.29) is 46.2 Å². The molecule has 1 aliphatic heterocycles. The highest BCUT2D eigenvalue weighted by Crippen LogP contribution is 2.54. The summed E-state index contributed by atoms with van der Waals surface area (Å²) in [6.45, 7) is 1.84. The molecule has 1 N–H and O–H groups in total. The van der Waals surface area contributed by atoms with Gasteiger partial charge in [0, 0.05) is 17.3 Å². The van der Waals surface area contributed by atoms with Crippen LogP contribution in [0.1, 0.15) is 23.6 Å². The second kappa shape index (κ2) is 10.6. The van der Waals surface area contributed by atoms with E-state index in [1.807, 2.05) is 0 Å². The van der Waals surface area contributed by atoms with Crippen molar-refractivity contribution in [2.75, 3.05) is 11.5 Å². The van der Waals surface area contributed by atoms with E-state index in [0.717, 1.165) is 0 Å². The zero-order valence-corrected chi connectivity index (χ0v) is 21.1. The molecule has 0 aliphatic carbocycles. The number of benzene rings is 3. The molecule has 198 valence electrons. The van der Waals surface area contributed by atoms with Crippen LogP contribution in [0.25, 0.3) is 11.1 Å². The fourth-order valence-electron chi connectivity index (χ4n) is 4.74. The second-order valence-corrected chi connectivity index (χ2v) is 8.52. The lowest BCUT2D eigenvalue weighted by Crippen LogP contribution is -2.47. The van der Waals surface area contributed by atoms with E-state index in [4.69, 9.17) is 14.2 Å². The van der Waals surface area contributed by atoms with Crippen molar-refractivity contribution >= 4 is 23.8 Å². The number of imide groups is 1. The lowest BCUT2D eigenvalue weighted by Gasteiger charge is -2.30. The first-order chi connectivity index (χ1) is 19.4. The number of aromatic nitrogens is 1. The molecule has 1 unspecified atom stereocenters. The molecule has 1 atom stereocenters. The van der Waals surface area contributed by atoms with Gasteiger partial charge in [0.1, 0.15) is 5.75 Å². The summed E-state index contributed by atoms with van der Waals surface area (Å²) in [5, 5.41) is 20.2. The molecule has 4 aromatic rings. The van der Waals surface area contributed by atoms with Gasteiger partial charge in [-0.3, -0.25) is 4.79 Å². The number of pyridine rings is 1. The Morgan fingerprint density at radius 3 is 2.35 bits per heavy atom. The Kier molecular flexibility index (Phi) is 6.87. The van der Waals surface area contributed by atoms with Crippen LogP contribution in [0.3, 0.4) is 0 Å². The van der Waals surface area contributed by atoms with Crippen molar-refractivity contribution in [3.05, 3.63) is 108 Å². The van der Waals surface area contributed by atoms with Crippen molar-refractivity contribution in [1.29, 1.82) is 5.26 Å². The lowest BCUT2D eigenvalue weighted by molar-refractivity contribution is -0.133. The predicted molar refractivity (Wildman–Crippen MR) is 142 cm³/mol. The molecule has 3 aromatic carbocycles. The summed E-state index contributed by atoms with van der Waals surface area (Å²) >= 11 is 0. The molecule has 10 nitrogen and oxygen atoms in total. The van der Waals surface area contributed by atoms with Crippen LogP contribution in [0, 0.1) is 11.3 Å². The van der Waals surface area contributed by atoms with Crippen molar-refractivity contribution < 1.29 is 33.7 Å². The van der Waals surface area contributed by atoms with E-state index in [1.165, 1.54) is 42.6 Å². The van der Waals surface area contributed by atoms with Crippen molar-refractivity contribution in [1.82, 2.24) is 4.98 Å². The smallest absolute Gasteiger partial charge is 0.478 e. The number of carboxylic acid groups (broad SMARTS) is 1. The Morgan fingerprint density at radius 2 is 1.70 bits per heavy atom. The number of hydrogen-bond acceptors (Lipinski definition) is 8. The summed E-state index contributed by atoms with van der Waals surface area (Å²) in [5.74, 6) is -1.06. The van der Waals surface area contributed by atoms with E-state index in [0.29, 0.717) is 10.5 Å². The molecular weight excluding hydrogens is 514 g/mol. The van der Waals surface area contributed by atoms with Gasteiger partial charge in [0.2, 0.25) is 5.88 Å². The van der Waals surface area contributed by atoms with Crippen molar-refractivity contribution in [3.8, 4) is 28.8 Å². The fourth-order valence-corrected chi connectivity index (χ4v) is 4.74. The highest BCUT2D eigenvalue weighted by molar-refractivity contribution is 6.23. The molecule has 0 radical (unpaired) electrons. The molecule has 1 aliphatic rings. The fraction of sp³-hybridized carbons (Fsp3) is 0.100. The Bertz CT molecular complexity index is 1650. The highest BCUT2D eigenvalue weighted by atomic mass is 16.7. The van der Waals surface area contributed by atoms with Gasteiger partial charge in [-0.2, -0.15) is 5.26 Å². The molecule has 0 spiro atoms. The summed E-state index contributed by atoms with van der Waals surface area (Å²) in [6, 6.07) is 24.5. The Hall–Kier alpha value is -5.69. The number of para-hydroxylation sites is 1. The summed E-state index contributed by atoms with van der Waals surface area (Å²) in [6.07, 6.45) is -1.48. The maximum atomic E-state index is 14.3. The third-order valence-electron chi connectivity index (χ3n) is 6.27. The van der Waals surface area contributed by atoms with Crippen LogP contribution in [0.5, 0.6) is 11.6 Å². The van der Waals surface area contributed by atoms with Crippen molar-refractivity contribution in [2.24, 2.45) is 0 Å². The van der Waals surface area contributed by atoms with Gasteiger partial charge in [-0.05, 0) is 48.9 Å².